The lowest BCUT2D eigenvalue weighted by Gasteiger charge is -2.08. The summed E-state index contributed by atoms with van der Waals surface area (Å²) in [5.74, 6) is 0.527. The molecule has 0 aromatic heterocycles. The van der Waals surface area contributed by atoms with Gasteiger partial charge in [-0.3, -0.25) is 4.79 Å². The van der Waals surface area contributed by atoms with E-state index in [1.54, 1.807) is 0 Å². The van der Waals surface area contributed by atoms with Gasteiger partial charge in [-0.2, -0.15) is 0 Å². The van der Waals surface area contributed by atoms with Crippen molar-refractivity contribution in [1.29, 1.82) is 0 Å². The van der Waals surface area contributed by atoms with Crippen LogP contribution in [0.3, 0.4) is 0 Å². The average Bonchev–Trinajstić information content (AvgIpc) is 2.34. The Hall–Kier alpha value is -0.850. The maximum atomic E-state index is 11.2. The first kappa shape index (κ1) is 8.25. The molecule has 1 heteroatoms. The van der Waals surface area contributed by atoms with Crippen molar-refractivity contribution in [2.45, 2.75) is 26.2 Å². The van der Waals surface area contributed by atoms with Crippen molar-refractivity contribution in [3.05, 3.63) is 24.3 Å². The normalized spacial score (nSPS) is 23.5. The summed E-state index contributed by atoms with van der Waals surface area (Å²) in [6, 6.07) is 0. The predicted octanol–water partition coefficient (Wildman–Crippen LogP) is 2.49. The van der Waals surface area contributed by atoms with E-state index in [1.807, 2.05) is 6.08 Å². The van der Waals surface area contributed by atoms with Gasteiger partial charge in [0.25, 0.3) is 0 Å². The molecule has 1 nitrogen and oxygen atoms in total. The second-order valence-corrected chi connectivity index (χ2v) is 2.88. The lowest BCUT2D eigenvalue weighted by molar-refractivity contribution is -0.120. The molecule has 0 spiro atoms. The summed E-state index contributed by atoms with van der Waals surface area (Å²) >= 11 is 0. The van der Waals surface area contributed by atoms with Gasteiger partial charge in [0.1, 0.15) is 5.78 Å². The molecule has 0 aromatic rings. The molecule has 0 heterocycles. The number of carbonyl (C=O) groups excluding carboxylic acids is 1. The number of hydrogen-bond donors (Lipinski definition) is 0. The van der Waals surface area contributed by atoms with Crippen molar-refractivity contribution in [3.8, 4) is 0 Å². The molecule has 1 unspecified atom stereocenters. The van der Waals surface area contributed by atoms with Crippen LogP contribution >= 0.6 is 0 Å². The molecule has 0 radical (unpaired) electrons. The van der Waals surface area contributed by atoms with Crippen LogP contribution in [0.15, 0.2) is 24.3 Å². The SMILES string of the molecule is C=CCC1C(=O)CC=C1CC. The Morgan fingerprint density at radius 1 is 1.82 bits per heavy atom. The summed E-state index contributed by atoms with van der Waals surface area (Å²) in [6.07, 6.45) is 6.36. The summed E-state index contributed by atoms with van der Waals surface area (Å²) in [4.78, 5) is 11.2. The second-order valence-electron chi connectivity index (χ2n) is 2.88. The van der Waals surface area contributed by atoms with Crippen LogP contribution in [0.5, 0.6) is 0 Å². The van der Waals surface area contributed by atoms with Crippen molar-refractivity contribution in [1.82, 2.24) is 0 Å². The highest BCUT2D eigenvalue weighted by atomic mass is 16.1. The Kier molecular flexibility index (Phi) is 2.64. The third-order valence-corrected chi connectivity index (χ3v) is 2.21. The fourth-order valence-electron chi connectivity index (χ4n) is 1.56. The molecule has 0 aliphatic heterocycles. The third-order valence-electron chi connectivity index (χ3n) is 2.21. The van der Waals surface area contributed by atoms with Gasteiger partial charge in [-0.15, -0.1) is 6.58 Å². The zero-order valence-electron chi connectivity index (χ0n) is 6.97. The average molecular weight is 150 g/mol. The highest BCUT2D eigenvalue weighted by Crippen LogP contribution is 2.27. The summed E-state index contributed by atoms with van der Waals surface area (Å²) in [5.41, 5.74) is 1.30. The third kappa shape index (κ3) is 1.59. The fraction of sp³-hybridized carbons (Fsp3) is 0.500. The smallest absolute Gasteiger partial charge is 0.144 e. The van der Waals surface area contributed by atoms with Crippen molar-refractivity contribution in [2.24, 2.45) is 5.92 Å². The summed E-state index contributed by atoms with van der Waals surface area (Å²) < 4.78 is 0. The van der Waals surface area contributed by atoms with Crippen LogP contribution in [0.25, 0.3) is 0 Å². The van der Waals surface area contributed by atoms with Crippen molar-refractivity contribution >= 4 is 5.78 Å². The second kappa shape index (κ2) is 3.51. The molecule has 0 bridgehead atoms. The first-order valence-corrected chi connectivity index (χ1v) is 4.12. The van der Waals surface area contributed by atoms with E-state index in [1.165, 1.54) is 5.57 Å². The van der Waals surface area contributed by atoms with E-state index in [-0.39, 0.29) is 5.92 Å². The maximum Gasteiger partial charge on any atom is 0.144 e. The minimum Gasteiger partial charge on any atom is -0.299 e. The van der Waals surface area contributed by atoms with Gasteiger partial charge in [-0.1, -0.05) is 24.6 Å². The minimum absolute atomic E-state index is 0.164. The predicted molar refractivity (Wildman–Crippen MR) is 46.3 cm³/mol. The van der Waals surface area contributed by atoms with Gasteiger partial charge in [0.05, 0.1) is 0 Å². The molecular weight excluding hydrogens is 136 g/mol. The Bertz CT molecular complexity index is 201. The Labute approximate surface area is 67.8 Å². The molecule has 0 N–H and O–H groups in total. The van der Waals surface area contributed by atoms with E-state index < -0.39 is 0 Å². The largest absolute Gasteiger partial charge is 0.299 e. The van der Waals surface area contributed by atoms with Crippen LogP contribution in [0.2, 0.25) is 0 Å². The molecule has 1 aliphatic rings. The monoisotopic (exact) mass is 150 g/mol. The summed E-state index contributed by atoms with van der Waals surface area (Å²) in [6.45, 7) is 5.75. The van der Waals surface area contributed by atoms with Crippen LogP contribution in [-0.2, 0) is 4.79 Å². The number of rotatable bonds is 3. The number of carbonyl (C=O) groups is 1. The zero-order chi connectivity index (χ0) is 8.27. The van der Waals surface area contributed by atoms with Crippen LogP contribution in [0, 0.1) is 5.92 Å². The van der Waals surface area contributed by atoms with Crippen molar-refractivity contribution < 1.29 is 4.79 Å². The van der Waals surface area contributed by atoms with Gasteiger partial charge in [0, 0.05) is 12.3 Å². The lowest BCUT2D eigenvalue weighted by Crippen LogP contribution is -2.08. The number of hydrogen-bond acceptors (Lipinski definition) is 1. The summed E-state index contributed by atoms with van der Waals surface area (Å²) in [7, 11) is 0. The minimum atomic E-state index is 0.164. The first-order chi connectivity index (χ1) is 5.29. The van der Waals surface area contributed by atoms with E-state index in [2.05, 4.69) is 19.6 Å². The summed E-state index contributed by atoms with van der Waals surface area (Å²) in [5, 5.41) is 0. The van der Waals surface area contributed by atoms with Gasteiger partial charge in [-0.05, 0) is 12.8 Å². The van der Waals surface area contributed by atoms with E-state index in [4.69, 9.17) is 0 Å². The van der Waals surface area contributed by atoms with Crippen LogP contribution < -0.4 is 0 Å². The van der Waals surface area contributed by atoms with E-state index in [9.17, 15) is 4.79 Å². The molecule has 0 amide bonds. The van der Waals surface area contributed by atoms with Gasteiger partial charge >= 0.3 is 0 Å². The van der Waals surface area contributed by atoms with Crippen molar-refractivity contribution in [3.63, 3.8) is 0 Å². The highest BCUT2D eigenvalue weighted by molar-refractivity contribution is 5.88. The number of allylic oxidation sites excluding steroid dienone is 3. The fourth-order valence-corrected chi connectivity index (χ4v) is 1.56. The Balaban J connectivity index is 2.65. The van der Waals surface area contributed by atoms with Crippen LogP contribution in [-0.4, -0.2) is 5.78 Å². The molecule has 60 valence electrons. The maximum absolute atomic E-state index is 11.2. The van der Waals surface area contributed by atoms with Gasteiger partial charge in [-0.25, -0.2) is 0 Å². The van der Waals surface area contributed by atoms with Gasteiger partial charge < -0.3 is 0 Å². The molecule has 1 atom stereocenters. The van der Waals surface area contributed by atoms with E-state index in [0.29, 0.717) is 12.2 Å². The molecular formula is C10H14O. The van der Waals surface area contributed by atoms with Crippen LogP contribution in [0.4, 0.5) is 0 Å². The molecule has 0 fully saturated rings. The van der Waals surface area contributed by atoms with Crippen molar-refractivity contribution in [2.75, 3.05) is 0 Å². The number of ketones is 1. The van der Waals surface area contributed by atoms with E-state index in [0.717, 1.165) is 12.8 Å². The van der Waals surface area contributed by atoms with Gasteiger partial charge in [0.15, 0.2) is 0 Å². The lowest BCUT2D eigenvalue weighted by atomic mass is 9.95. The van der Waals surface area contributed by atoms with Gasteiger partial charge in [0.2, 0.25) is 0 Å². The molecule has 1 rings (SSSR count). The van der Waals surface area contributed by atoms with E-state index >= 15 is 0 Å². The molecule has 0 saturated carbocycles. The van der Waals surface area contributed by atoms with Crippen LogP contribution in [0.1, 0.15) is 26.2 Å². The Morgan fingerprint density at radius 2 is 2.55 bits per heavy atom. The molecule has 11 heavy (non-hydrogen) atoms. The number of Topliss-reactive ketones (excluding diaryl/α,β-unsaturated/α-hetero) is 1. The molecule has 0 saturated heterocycles. The molecule has 0 aromatic carbocycles. The topological polar surface area (TPSA) is 17.1 Å². The Morgan fingerprint density at radius 3 is 3.09 bits per heavy atom. The zero-order valence-corrected chi connectivity index (χ0v) is 6.97. The quantitative estimate of drug-likeness (QED) is 0.565. The standard InChI is InChI=1S/C10H14O/c1-3-5-9-8(4-2)6-7-10(9)11/h3,6,9H,1,4-5,7H2,2H3. The first-order valence-electron chi connectivity index (χ1n) is 4.12. The highest BCUT2D eigenvalue weighted by Gasteiger charge is 2.24. The molecule has 1 aliphatic carbocycles.